The minimum atomic E-state index is -3.22. The van der Waals surface area contributed by atoms with Gasteiger partial charge in [-0.15, -0.1) is 0 Å². The molecule has 0 saturated heterocycles. The van der Waals surface area contributed by atoms with Crippen molar-refractivity contribution in [2.24, 2.45) is 0 Å². The normalized spacial score (nSPS) is 11.3. The average molecular weight is 293 g/mol. The summed E-state index contributed by atoms with van der Waals surface area (Å²) < 4.78 is 28.4. The molecule has 0 unspecified atom stereocenters. The van der Waals surface area contributed by atoms with Crippen molar-refractivity contribution < 1.29 is 17.6 Å². The zero-order valence-corrected chi connectivity index (χ0v) is 12.0. The molecule has 0 bridgehead atoms. The van der Waals surface area contributed by atoms with Gasteiger partial charge in [0.1, 0.15) is 5.76 Å². The second-order valence-electron chi connectivity index (χ2n) is 4.27. The minimum absolute atomic E-state index is 0.0485. The molecule has 20 heavy (non-hydrogen) atoms. The van der Waals surface area contributed by atoms with Gasteiger partial charge < -0.3 is 9.73 Å². The molecule has 106 valence electrons. The van der Waals surface area contributed by atoms with Crippen molar-refractivity contribution in [1.29, 1.82) is 0 Å². The molecule has 1 aromatic carbocycles. The summed E-state index contributed by atoms with van der Waals surface area (Å²) in [4.78, 5) is 12.2. The van der Waals surface area contributed by atoms with E-state index in [0.29, 0.717) is 17.0 Å². The van der Waals surface area contributed by atoms with Crippen molar-refractivity contribution in [3.63, 3.8) is 0 Å². The largest absolute Gasteiger partial charge is 0.469 e. The molecule has 0 spiro atoms. The van der Waals surface area contributed by atoms with Crippen molar-refractivity contribution in [2.75, 3.05) is 11.1 Å². The quantitative estimate of drug-likeness (QED) is 0.940. The highest BCUT2D eigenvalue weighted by Gasteiger charge is 2.13. The number of carbonyl (C=O) groups is 1. The molecule has 0 aliphatic heterocycles. The maximum atomic E-state index is 11.9. The van der Waals surface area contributed by atoms with Crippen LogP contribution in [-0.2, 0) is 9.84 Å². The molecule has 0 aliphatic carbocycles. The monoisotopic (exact) mass is 293 g/mol. The van der Waals surface area contributed by atoms with Crippen molar-refractivity contribution in [3.05, 3.63) is 47.9 Å². The maximum Gasteiger partial charge on any atom is 0.259 e. The predicted octanol–water partition coefficient (Wildman–Crippen LogP) is 2.63. The highest BCUT2D eigenvalue weighted by molar-refractivity contribution is 7.91. The van der Waals surface area contributed by atoms with Crippen molar-refractivity contribution in [2.45, 2.75) is 18.7 Å². The minimum Gasteiger partial charge on any atom is -0.469 e. The number of nitrogens with one attached hydrogen (secondary N) is 1. The number of anilines is 1. The number of hydrogen-bond donors (Lipinski definition) is 1. The fourth-order valence-corrected chi connectivity index (χ4v) is 2.62. The summed E-state index contributed by atoms with van der Waals surface area (Å²) in [7, 11) is -3.22. The number of carbonyl (C=O) groups excluding carboxylic acids is 1. The lowest BCUT2D eigenvalue weighted by Crippen LogP contribution is -2.12. The number of rotatable bonds is 4. The van der Waals surface area contributed by atoms with Crippen LogP contribution in [0, 0.1) is 6.92 Å². The van der Waals surface area contributed by atoms with E-state index in [2.05, 4.69) is 5.32 Å². The third-order valence-corrected chi connectivity index (χ3v) is 4.71. The molecule has 2 rings (SSSR count). The SMILES string of the molecule is CCS(=O)(=O)c1ccc(NC(=O)c2ccoc2C)cc1. The predicted molar refractivity (Wildman–Crippen MR) is 75.6 cm³/mol. The second kappa shape index (κ2) is 5.50. The maximum absolute atomic E-state index is 11.9. The lowest BCUT2D eigenvalue weighted by atomic mass is 10.2. The molecule has 0 radical (unpaired) electrons. The fourth-order valence-electron chi connectivity index (χ4n) is 1.73. The highest BCUT2D eigenvalue weighted by Crippen LogP contribution is 2.17. The summed E-state index contributed by atoms with van der Waals surface area (Å²) in [6.45, 7) is 3.29. The Kier molecular flexibility index (Phi) is 3.94. The molecule has 1 heterocycles. The van der Waals surface area contributed by atoms with E-state index in [-0.39, 0.29) is 16.6 Å². The Hall–Kier alpha value is -2.08. The van der Waals surface area contributed by atoms with Crippen molar-refractivity contribution >= 4 is 21.4 Å². The smallest absolute Gasteiger partial charge is 0.259 e. The Labute approximate surface area is 117 Å². The van der Waals surface area contributed by atoms with Crippen LogP contribution in [0.2, 0.25) is 0 Å². The van der Waals surface area contributed by atoms with Gasteiger partial charge in [0, 0.05) is 5.69 Å². The Morgan fingerprint density at radius 3 is 2.35 bits per heavy atom. The Bertz CT molecular complexity index is 714. The van der Waals surface area contributed by atoms with Gasteiger partial charge in [-0.05, 0) is 37.3 Å². The van der Waals surface area contributed by atoms with E-state index in [1.165, 1.54) is 18.4 Å². The van der Waals surface area contributed by atoms with Gasteiger partial charge in [0.15, 0.2) is 9.84 Å². The van der Waals surface area contributed by atoms with Gasteiger partial charge in [-0.1, -0.05) is 6.92 Å². The first kappa shape index (κ1) is 14.3. The van der Waals surface area contributed by atoms with E-state index >= 15 is 0 Å². The van der Waals surface area contributed by atoms with Gasteiger partial charge in [0.25, 0.3) is 5.91 Å². The van der Waals surface area contributed by atoms with Gasteiger partial charge in [0.05, 0.1) is 22.5 Å². The third kappa shape index (κ3) is 2.91. The van der Waals surface area contributed by atoms with Crippen LogP contribution in [0.5, 0.6) is 0 Å². The number of amides is 1. The Morgan fingerprint density at radius 1 is 1.20 bits per heavy atom. The molecule has 1 N–H and O–H groups in total. The molecule has 5 nitrogen and oxygen atoms in total. The highest BCUT2D eigenvalue weighted by atomic mass is 32.2. The number of benzene rings is 1. The lowest BCUT2D eigenvalue weighted by molar-refractivity contribution is 0.102. The summed E-state index contributed by atoms with van der Waals surface area (Å²) in [6, 6.07) is 7.68. The first-order valence-electron chi connectivity index (χ1n) is 6.12. The number of aryl methyl sites for hydroxylation is 1. The molecule has 1 amide bonds. The van der Waals surface area contributed by atoms with E-state index in [4.69, 9.17) is 4.42 Å². The second-order valence-corrected chi connectivity index (χ2v) is 6.55. The number of furan rings is 1. The first-order valence-corrected chi connectivity index (χ1v) is 7.77. The zero-order chi connectivity index (χ0) is 14.8. The molecular formula is C14H15NO4S. The van der Waals surface area contributed by atoms with Gasteiger partial charge in [0.2, 0.25) is 0 Å². The van der Waals surface area contributed by atoms with Crippen LogP contribution in [0.25, 0.3) is 0 Å². The first-order chi connectivity index (χ1) is 9.44. The Morgan fingerprint density at radius 2 is 1.85 bits per heavy atom. The van der Waals surface area contributed by atoms with Crippen LogP contribution in [-0.4, -0.2) is 20.1 Å². The third-order valence-electron chi connectivity index (χ3n) is 2.95. The summed E-state index contributed by atoms with van der Waals surface area (Å²) in [5, 5.41) is 2.69. The van der Waals surface area contributed by atoms with Crippen LogP contribution in [0.4, 0.5) is 5.69 Å². The van der Waals surface area contributed by atoms with E-state index in [1.807, 2.05) is 0 Å². The van der Waals surface area contributed by atoms with Gasteiger partial charge in [-0.25, -0.2) is 8.42 Å². The topological polar surface area (TPSA) is 76.4 Å². The summed E-state index contributed by atoms with van der Waals surface area (Å²) in [5.41, 5.74) is 0.987. The molecular weight excluding hydrogens is 278 g/mol. The standard InChI is InChI=1S/C14H15NO4S/c1-3-20(17,18)12-6-4-11(5-7-12)15-14(16)13-8-9-19-10(13)2/h4-9H,3H2,1-2H3,(H,15,16). The van der Waals surface area contributed by atoms with E-state index in [1.54, 1.807) is 32.0 Å². The van der Waals surface area contributed by atoms with Crippen molar-refractivity contribution in [1.82, 2.24) is 0 Å². The van der Waals surface area contributed by atoms with E-state index < -0.39 is 9.84 Å². The van der Waals surface area contributed by atoms with Gasteiger partial charge >= 0.3 is 0 Å². The van der Waals surface area contributed by atoms with E-state index in [0.717, 1.165) is 0 Å². The van der Waals surface area contributed by atoms with Gasteiger partial charge in [-0.3, -0.25) is 4.79 Å². The summed E-state index contributed by atoms with van der Waals surface area (Å²) >= 11 is 0. The van der Waals surface area contributed by atoms with Crippen molar-refractivity contribution in [3.8, 4) is 0 Å². The lowest BCUT2D eigenvalue weighted by Gasteiger charge is -2.06. The Balaban J connectivity index is 2.16. The van der Waals surface area contributed by atoms with Crippen LogP contribution in [0.1, 0.15) is 23.0 Å². The van der Waals surface area contributed by atoms with Crippen LogP contribution in [0.3, 0.4) is 0 Å². The van der Waals surface area contributed by atoms with Crippen LogP contribution >= 0.6 is 0 Å². The molecule has 1 aromatic heterocycles. The fraction of sp³-hybridized carbons (Fsp3) is 0.214. The summed E-state index contributed by atoms with van der Waals surface area (Å²) in [5.74, 6) is 0.294. The molecule has 0 aliphatic rings. The van der Waals surface area contributed by atoms with Gasteiger partial charge in [-0.2, -0.15) is 0 Å². The van der Waals surface area contributed by atoms with Crippen LogP contribution < -0.4 is 5.32 Å². The van der Waals surface area contributed by atoms with Crippen LogP contribution in [0.15, 0.2) is 45.9 Å². The molecule has 0 atom stereocenters. The molecule has 2 aromatic rings. The number of sulfone groups is 1. The molecule has 0 fully saturated rings. The summed E-state index contributed by atoms with van der Waals surface area (Å²) in [6.07, 6.45) is 1.45. The average Bonchev–Trinajstić information content (AvgIpc) is 2.85. The number of hydrogen-bond acceptors (Lipinski definition) is 4. The van der Waals surface area contributed by atoms with E-state index in [9.17, 15) is 13.2 Å². The molecule has 6 heteroatoms. The molecule has 0 saturated carbocycles. The zero-order valence-electron chi connectivity index (χ0n) is 11.2.